The van der Waals surface area contributed by atoms with Crippen LogP contribution in [0.4, 0.5) is 0 Å². The maximum Gasteiger partial charge on any atom is 0.253 e. The van der Waals surface area contributed by atoms with E-state index in [4.69, 9.17) is 4.74 Å². The Morgan fingerprint density at radius 2 is 2.15 bits per heavy atom. The summed E-state index contributed by atoms with van der Waals surface area (Å²) in [5, 5.41) is 3.10. The summed E-state index contributed by atoms with van der Waals surface area (Å²) in [7, 11) is 0. The van der Waals surface area contributed by atoms with E-state index in [0.29, 0.717) is 5.92 Å². The Bertz CT molecular complexity index is 785. The minimum Gasteiger partial charge on any atom is -0.379 e. The standard InChI is InChI=1S/C21H27N3O2S/c1-16-22-20(15-27-16)18-5-2-6-19(12-18)21(25)24-7-3-4-17(14-24)13-23-8-10-26-11-9-23/h2,5-6,12,15,17H,3-4,7-11,13-14H2,1H3/t17-/m1/s1. The van der Waals surface area contributed by atoms with Crippen molar-refractivity contribution in [2.24, 2.45) is 5.92 Å². The average molecular weight is 386 g/mol. The molecule has 2 aromatic rings. The Morgan fingerprint density at radius 3 is 2.93 bits per heavy atom. The molecule has 2 aliphatic rings. The first kappa shape index (κ1) is 18.6. The molecular weight excluding hydrogens is 358 g/mol. The monoisotopic (exact) mass is 385 g/mol. The Hall–Kier alpha value is -1.76. The molecule has 0 bridgehead atoms. The van der Waals surface area contributed by atoms with Crippen LogP contribution in [0.5, 0.6) is 0 Å². The minimum absolute atomic E-state index is 0.149. The molecule has 1 atom stereocenters. The number of piperidine rings is 1. The zero-order valence-corrected chi connectivity index (χ0v) is 16.7. The largest absolute Gasteiger partial charge is 0.379 e. The van der Waals surface area contributed by atoms with Crippen LogP contribution in [-0.4, -0.2) is 66.6 Å². The van der Waals surface area contributed by atoms with Crippen molar-refractivity contribution in [3.05, 3.63) is 40.2 Å². The molecule has 1 aromatic heterocycles. The molecule has 0 saturated carbocycles. The van der Waals surface area contributed by atoms with Gasteiger partial charge in [-0.1, -0.05) is 12.1 Å². The summed E-state index contributed by atoms with van der Waals surface area (Å²) < 4.78 is 5.44. The molecule has 2 fully saturated rings. The first-order valence-corrected chi connectivity index (χ1v) is 10.7. The Balaban J connectivity index is 1.42. The molecular formula is C21H27N3O2S. The van der Waals surface area contributed by atoms with Crippen LogP contribution < -0.4 is 0 Å². The highest BCUT2D eigenvalue weighted by Crippen LogP contribution is 2.24. The molecule has 1 amide bonds. The van der Waals surface area contributed by atoms with E-state index in [-0.39, 0.29) is 5.91 Å². The highest BCUT2D eigenvalue weighted by Gasteiger charge is 2.26. The van der Waals surface area contributed by atoms with Crippen LogP contribution in [-0.2, 0) is 4.74 Å². The van der Waals surface area contributed by atoms with E-state index < -0.39 is 0 Å². The summed E-state index contributed by atoms with van der Waals surface area (Å²) in [4.78, 5) is 22.2. The van der Waals surface area contributed by atoms with Crippen molar-refractivity contribution >= 4 is 17.2 Å². The van der Waals surface area contributed by atoms with E-state index in [2.05, 4.69) is 15.3 Å². The molecule has 3 heterocycles. The molecule has 0 spiro atoms. The van der Waals surface area contributed by atoms with E-state index in [9.17, 15) is 4.79 Å². The van der Waals surface area contributed by atoms with Crippen molar-refractivity contribution in [1.82, 2.24) is 14.8 Å². The van der Waals surface area contributed by atoms with Crippen LogP contribution in [0.1, 0.15) is 28.2 Å². The van der Waals surface area contributed by atoms with E-state index in [0.717, 1.165) is 74.2 Å². The molecule has 0 N–H and O–H groups in total. The molecule has 2 saturated heterocycles. The van der Waals surface area contributed by atoms with Crippen molar-refractivity contribution in [3.63, 3.8) is 0 Å². The molecule has 6 heteroatoms. The lowest BCUT2D eigenvalue weighted by Gasteiger charge is -2.36. The number of carbonyl (C=O) groups excluding carboxylic acids is 1. The zero-order chi connectivity index (χ0) is 18.6. The summed E-state index contributed by atoms with van der Waals surface area (Å²) in [6.07, 6.45) is 2.30. The van der Waals surface area contributed by atoms with Gasteiger partial charge in [-0.15, -0.1) is 11.3 Å². The van der Waals surface area contributed by atoms with Crippen molar-refractivity contribution in [3.8, 4) is 11.3 Å². The number of nitrogens with zero attached hydrogens (tertiary/aromatic N) is 3. The van der Waals surface area contributed by atoms with Crippen LogP contribution in [0.25, 0.3) is 11.3 Å². The van der Waals surface area contributed by atoms with Crippen molar-refractivity contribution in [2.45, 2.75) is 19.8 Å². The van der Waals surface area contributed by atoms with Gasteiger partial charge < -0.3 is 9.64 Å². The van der Waals surface area contributed by atoms with E-state index in [1.807, 2.05) is 36.1 Å². The van der Waals surface area contributed by atoms with Crippen LogP contribution in [0, 0.1) is 12.8 Å². The summed E-state index contributed by atoms with van der Waals surface area (Å²) in [6.45, 7) is 8.49. The molecule has 27 heavy (non-hydrogen) atoms. The van der Waals surface area contributed by atoms with Gasteiger partial charge in [-0.05, 0) is 37.8 Å². The number of hydrogen-bond donors (Lipinski definition) is 0. The third-order valence-corrected chi connectivity index (χ3v) is 6.22. The number of likely N-dealkylation sites (tertiary alicyclic amines) is 1. The normalized spacial score (nSPS) is 21.4. The molecule has 0 aliphatic carbocycles. The van der Waals surface area contributed by atoms with Gasteiger partial charge in [-0.2, -0.15) is 0 Å². The molecule has 0 unspecified atom stereocenters. The van der Waals surface area contributed by atoms with Gasteiger partial charge >= 0.3 is 0 Å². The van der Waals surface area contributed by atoms with Gasteiger partial charge in [-0.25, -0.2) is 4.98 Å². The minimum atomic E-state index is 0.149. The maximum atomic E-state index is 13.1. The number of aromatic nitrogens is 1. The maximum absolute atomic E-state index is 13.1. The molecule has 1 aromatic carbocycles. The van der Waals surface area contributed by atoms with Gasteiger partial charge in [0, 0.05) is 49.2 Å². The lowest BCUT2D eigenvalue weighted by atomic mass is 9.96. The summed E-state index contributed by atoms with van der Waals surface area (Å²) >= 11 is 1.64. The summed E-state index contributed by atoms with van der Waals surface area (Å²) in [5.41, 5.74) is 2.74. The van der Waals surface area contributed by atoms with Crippen LogP contribution in [0.3, 0.4) is 0 Å². The third kappa shape index (κ3) is 4.57. The highest BCUT2D eigenvalue weighted by molar-refractivity contribution is 7.09. The van der Waals surface area contributed by atoms with Crippen molar-refractivity contribution in [2.75, 3.05) is 45.9 Å². The predicted molar refractivity (Wildman–Crippen MR) is 108 cm³/mol. The van der Waals surface area contributed by atoms with Gasteiger partial charge in [0.1, 0.15) is 0 Å². The molecule has 144 valence electrons. The first-order valence-electron chi connectivity index (χ1n) is 9.81. The molecule has 5 nitrogen and oxygen atoms in total. The van der Waals surface area contributed by atoms with Gasteiger partial charge in [0.15, 0.2) is 0 Å². The second-order valence-electron chi connectivity index (χ2n) is 7.50. The Morgan fingerprint density at radius 1 is 1.30 bits per heavy atom. The van der Waals surface area contributed by atoms with E-state index >= 15 is 0 Å². The number of amides is 1. The average Bonchev–Trinajstić information content (AvgIpc) is 3.15. The molecule has 4 rings (SSSR count). The molecule has 0 radical (unpaired) electrons. The van der Waals surface area contributed by atoms with Gasteiger partial charge in [0.2, 0.25) is 0 Å². The van der Waals surface area contributed by atoms with Crippen LogP contribution >= 0.6 is 11.3 Å². The smallest absolute Gasteiger partial charge is 0.253 e. The third-order valence-electron chi connectivity index (χ3n) is 5.45. The highest BCUT2D eigenvalue weighted by atomic mass is 32.1. The fraction of sp³-hybridized carbons (Fsp3) is 0.524. The predicted octanol–water partition coefficient (Wildman–Crippen LogP) is 3.30. The molecule has 2 aliphatic heterocycles. The van der Waals surface area contributed by atoms with Crippen LogP contribution in [0.15, 0.2) is 29.6 Å². The van der Waals surface area contributed by atoms with Gasteiger partial charge in [-0.3, -0.25) is 9.69 Å². The topological polar surface area (TPSA) is 45.7 Å². The lowest BCUT2D eigenvalue weighted by Crippen LogP contribution is -2.46. The Labute approximate surface area is 165 Å². The number of ether oxygens (including phenoxy) is 1. The number of morpholine rings is 1. The van der Waals surface area contributed by atoms with Gasteiger partial charge in [0.25, 0.3) is 5.91 Å². The van der Waals surface area contributed by atoms with E-state index in [1.54, 1.807) is 11.3 Å². The quantitative estimate of drug-likeness (QED) is 0.810. The van der Waals surface area contributed by atoms with Crippen molar-refractivity contribution in [1.29, 1.82) is 0 Å². The second-order valence-corrected chi connectivity index (χ2v) is 8.57. The Kier molecular flexibility index (Phi) is 5.86. The number of benzene rings is 1. The number of thiazole rings is 1. The van der Waals surface area contributed by atoms with Crippen LogP contribution in [0.2, 0.25) is 0 Å². The second kappa shape index (κ2) is 8.50. The van der Waals surface area contributed by atoms with E-state index in [1.165, 1.54) is 6.42 Å². The zero-order valence-electron chi connectivity index (χ0n) is 15.9. The SMILES string of the molecule is Cc1nc(-c2cccc(C(=O)N3CCC[C@H](CN4CCOCC4)C3)c2)cs1. The van der Waals surface area contributed by atoms with Crippen molar-refractivity contribution < 1.29 is 9.53 Å². The fourth-order valence-electron chi connectivity index (χ4n) is 4.04. The number of carbonyl (C=O) groups is 1. The number of hydrogen-bond acceptors (Lipinski definition) is 5. The number of aryl methyl sites for hydroxylation is 1. The number of rotatable bonds is 4. The summed E-state index contributed by atoms with van der Waals surface area (Å²) in [5.74, 6) is 0.709. The fourth-order valence-corrected chi connectivity index (χ4v) is 4.66. The summed E-state index contributed by atoms with van der Waals surface area (Å²) in [6, 6.07) is 7.91. The first-order chi connectivity index (χ1) is 13.2. The lowest BCUT2D eigenvalue weighted by molar-refractivity contribution is 0.0224. The van der Waals surface area contributed by atoms with Gasteiger partial charge in [0.05, 0.1) is 23.9 Å².